The first-order valence-electron chi connectivity index (χ1n) is 5.97. The highest BCUT2D eigenvalue weighted by Gasteiger charge is 2.18. The quantitative estimate of drug-likeness (QED) is 0.704. The van der Waals surface area contributed by atoms with E-state index in [9.17, 15) is 0 Å². The molecule has 1 aromatic rings. The van der Waals surface area contributed by atoms with Crippen molar-refractivity contribution in [3.8, 4) is 0 Å². The smallest absolute Gasteiger partial charge is 0.109 e. The highest BCUT2D eigenvalue weighted by Crippen LogP contribution is 2.26. The molecule has 0 spiro atoms. The molecular formula is C13H23NO. The third-order valence-electron chi connectivity index (χ3n) is 2.65. The lowest BCUT2D eigenvalue weighted by Gasteiger charge is -2.20. The molecule has 0 saturated carbocycles. The van der Waals surface area contributed by atoms with Crippen LogP contribution in [0.1, 0.15) is 50.7 Å². The van der Waals surface area contributed by atoms with Crippen molar-refractivity contribution in [3.63, 3.8) is 0 Å². The molecule has 0 saturated heterocycles. The summed E-state index contributed by atoms with van der Waals surface area (Å²) in [5.74, 6) is 2.86. The number of furan rings is 1. The molecule has 2 nitrogen and oxygen atoms in total. The monoisotopic (exact) mass is 209 g/mol. The molecule has 0 amide bonds. The largest absolute Gasteiger partial charge is 0.465 e. The third-order valence-corrected chi connectivity index (χ3v) is 2.65. The van der Waals surface area contributed by atoms with Crippen LogP contribution in [0.25, 0.3) is 0 Å². The molecule has 86 valence electrons. The Morgan fingerprint density at radius 1 is 1.33 bits per heavy atom. The van der Waals surface area contributed by atoms with Crippen molar-refractivity contribution >= 4 is 0 Å². The van der Waals surface area contributed by atoms with Crippen molar-refractivity contribution in [2.75, 3.05) is 13.6 Å². The van der Waals surface area contributed by atoms with Gasteiger partial charge < -0.3 is 9.32 Å². The van der Waals surface area contributed by atoms with Crippen LogP contribution in [0, 0.1) is 0 Å². The Morgan fingerprint density at radius 2 is 2.00 bits per heavy atom. The van der Waals surface area contributed by atoms with E-state index in [0.717, 1.165) is 25.3 Å². The van der Waals surface area contributed by atoms with E-state index in [1.807, 2.05) is 13.8 Å². The van der Waals surface area contributed by atoms with E-state index >= 15 is 0 Å². The Balaban J connectivity index is 0.000000531. The minimum atomic E-state index is 0.510. The molecule has 0 unspecified atom stereocenters. The molecule has 15 heavy (non-hydrogen) atoms. The summed E-state index contributed by atoms with van der Waals surface area (Å²) in [4.78, 5) is 2.34. The zero-order chi connectivity index (χ0) is 11.4. The van der Waals surface area contributed by atoms with E-state index in [1.165, 1.54) is 11.3 Å². The fourth-order valence-electron chi connectivity index (χ4n) is 1.78. The zero-order valence-corrected chi connectivity index (χ0v) is 10.6. The Morgan fingerprint density at radius 3 is 2.60 bits per heavy atom. The van der Waals surface area contributed by atoms with E-state index in [-0.39, 0.29) is 0 Å². The van der Waals surface area contributed by atoms with Crippen molar-refractivity contribution in [1.82, 2.24) is 4.90 Å². The zero-order valence-electron chi connectivity index (χ0n) is 10.6. The van der Waals surface area contributed by atoms with Gasteiger partial charge >= 0.3 is 0 Å². The Hall–Kier alpha value is -0.760. The Kier molecular flexibility index (Phi) is 4.40. The van der Waals surface area contributed by atoms with Crippen molar-refractivity contribution in [2.24, 2.45) is 0 Å². The molecular weight excluding hydrogens is 186 g/mol. The summed E-state index contributed by atoms with van der Waals surface area (Å²) in [6.45, 7) is 10.5. The summed E-state index contributed by atoms with van der Waals surface area (Å²) in [6, 6.07) is 2.22. The number of hydrogen-bond acceptors (Lipinski definition) is 2. The summed E-state index contributed by atoms with van der Waals surface area (Å²) in [5.41, 5.74) is 1.39. The van der Waals surface area contributed by atoms with E-state index < -0.39 is 0 Å². The fourth-order valence-corrected chi connectivity index (χ4v) is 1.78. The van der Waals surface area contributed by atoms with Gasteiger partial charge in [0.2, 0.25) is 0 Å². The van der Waals surface area contributed by atoms with Crippen molar-refractivity contribution in [3.05, 3.63) is 23.2 Å². The van der Waals surface area contributed by atoms with Gasteiger partial charge in [-0.2, -0.15) is 0 Å². The molecule has 2 heterocycles. The molecule has 0 radical (unpaired) electrons. The molecule has 0 fully saturated rings. The summed E-state index contributed by atoms with van der Waals surface area (Å²) in [5, 5.41) is 0. The topological polar surface area (TPSA) is 16.4 Å². The van der Waals surface area contributed by atoms with E-state index in [1.54, 1.807) is 0 Å². The minimum absolute atomic E-state index is 0.510. The second-order valence-electron chi connectivity index (χ2n) is 4.24. The third kappa shape index (κ3) is 2.85. The van der Waals surface area contributed by atoms with Crippen LogP contribution in [-0.4, -0.2) is 18.5 Å². The highest BCUT2D eigenvalue weighted by atomic mass is 16.3. The molecule has 2 heteroatoms. The van der Waals surface area contributed by atoms with Crippen LogP contribution in [0.5, 0.6) is 0 Å². The van der Waals surface area contributed by atoms with Crippen LogP contribution in [0.15, 0.2) is 10.5 Å². The first-order valence-corrected chi connectivity index (χ1v) is 5.97. The van der Waals surface area contributed by atoms with Crippen LogP contribution in [0.3, 0.4) is 0 Å². The second-order valence-corrected chi connectivity index (χ2v) is 4.24. The van der Waals surface area contributed by atoms with Gasteiger partial charge in [0.1, 0.15) is 11.5 Å². The summed E-state index contributed by atoms with van der Waals surface area (Å²) in [7, 11) is 2.16. The van der Waals surface area contributed by atoms with E-state index in [0.29, 0.717) is 5.92 Å². The lowest BCUT2D eigenvalue weighted by atomic mass is 10.1. The number of hydrogen-bond donors (Lipinski definition) is 0. The van der Waals surface area contributed by atoms with Gasteiger partial charge in [-0.15, -0.1) is 0 Å². The lowest BCUT2D eigenvalue weighted by Crippen LogP contribution is -2.25. The van der Waals surface area contributed by atoms with Crippen molar-refractivity contribution in [2.45, 2.75) is 46.6 Å². The average Bonchev–Trinajstić information content (AvgIpc) is 2.63. The molecule has 0 aliphatic carbocycles. The maximum Gasteiger partial charge on any atom is 0.109 e. The molecule has 0 atom stereocenters. The number of nitrogens with zero attached hydrogens (tertiary/aromatic N) is 1. The number of fused-ring (bicyclic) bond motifs is 1. The standard InChI is InChI=1S/C11H17NO.C2H6/c1-8(2)11-6-9-7-12(3)5-4-10(9)13-11;1-2/h6,8H,4-5,7H2,1-3H3;1-2H3. The maximum atomic E-state index is 5.79. The molecule has 0 aromatic carbocycles. The number of rotatable bonds is 1. The molecule has 0 N–H and O–H groups in total. The second kappa shape index (κ2) is 5.36. The van der Waals surface area contributed by atoms with Gasteiger partial charge in [-0.05, 0) is 13.1 Å². The van der Waals surface area contributed by atoms with Crippen LogP contribution >= 0.6 is 0 Å². The van der Waals surface area contributed by atoms with Crippen LogP contribution in [0.4, 0.5) is 0 Å². The summed E-state index contributed by atoms with van der Waals surface area (Å²) >= 11 is 0. The number of likely N-dealkylation sites (N-methyl/N-ethyl adjacent to an activating group) is 1. The van der Waals surface area contributed by atoms with Gasteiger partial charge in [-0.3, -0.25) is 0 Å². The maximum absolute atomic E-state index is 5.79. The fraction of sp³-hybridized carbons (Fsp3) is 0.692. The first-order chi connectivity index (χ1) is 7.16. The first kappa shape index (κ1) is 12.3. The molecule has 1 aliphatic rings. The van der Waals surface area contributed by atoms with Crippen molar-refractivity contribution < 1.29 is 4.42 Å². The van der Waals surface area contributed by atoms with E-state index in [2.05, 4.69) is 31.9 Å². The van der Waals surface area contributed by atoms with Crippen LogP contribution < -0.4 is 0 Å². The van der Waals surface area contributed by atoms with Crippen molar-refractivity contribution in [1.29, 1.82) is 0 Å². The summed E-state index contributed by atoms with van der Waals surface area (Å²) in [6.07, 6.45) is 1.07. The molecule has 2 rings (SSSR count). The van der Waals surface area contributed by atoms with Crippen LogP contribution in [-0.2, 0) is 13.0 Å². The van der Waals surface area contributed by atoms with Gasteiger partial charge in [0, 0.05) is 31.0 Å². The highest BCUT2D eigenvalue weighted by molar-refractivity contribution is 5.25. The van der Waals surface area contributed by atoms with Gasteiger partial charge in [0.25, 0.3) is 0 Å². The molecule has 1 aliphatic heterocycles. The Labute approximate surface area is 93.3 Å². The Bertz CT molecular complexity index is 301. The van der Waals surface area contributed by atoms with Gasteiger partial charge in [0.15, 0.2) is 0 Å². The SMILES string of the molecule is CC.CC(C)c1cc2c(o1)CCN(C)C2. The normalized spacial score (nSPS) is 15.9. The van der Waals surface area contributed by atoms with Crippen LogP contribution in [0.2, 0.25) is 0 Å². The molecule has 0 bridgehead atoms. The summed E-state index contributed by atoms with van der Waals surface area (Å²) < 4.78 is 5.79. The minimum Gasteiger partial charge on any atom is -0.465 e. The van der Waals surface area contributed by atoms with Gasteiger partial charge in [-0.1, -0.05) is 27.7 Å². The lowest BCUT2D eigenvalue weighted by molar-refractivity contribution is 0.290. The predicted octanol–water partition coefficient (Wildman–Crippen LogP) is 3.42. The van der Waals surface area contributed by atoms with E-state index in [4.69, 9.17) is 4.42 Å². The molecule has 1 aromatic heterocycles. The predicted molar refractivity (Wildman–Crippen MR) is 64.2 cm³/mol. The van der Waals surface area contributed by atoms with Gasteiger partial charge in [0.05, 0.1) is 0 Å². The van der Waals surface area contributed by atoms with Gasteiger partial charge in [-0.25, -0.2) is 0 Å². The average molecular weight is 209 g/mol.